The zero-order chi connectivity index (χ0) is 36.0. The van der Waals surface area contributed by atoms with Crippen LogP contribution >= 0.6 is 0 Å². The number of nitrogens with one attached hydrogen (secondary N) is 1. The number of fused-ring (bicyclic) bond motifs is 2. The standard InChI is InChI=1S/C37H53N3O10/c1-7-40-17-34(18-50-32(43)20-10-8-9-11-23(20)39-31(42)19(2)14-26(38)41)13-12-25(47-4)36-22-15-21-24(46-3)16-35(44,27(22)28(21)48-5)37(45,33(36)40)30(49-6)29(34)36/h8-11,19,21-22,24-25,27-30,33,44-45H,7,12-18H2,1-6H3,(H2,38,41)(H,39,42)/t19?,21-,22-,24+,25+,27-,28+,29?,30+,33?,34+,35-,36+,37?/m1/s1. The molecule has 0 aromatic heterocycles. The van der Waals surface area contributed by atoms with Gasteiger partial charge in [-0.25, -0.2) is 4.79 Å². The number of hydrogen-bond acceptors (Lipinski definition) is 11. The Balaban J connectivity index is 1.29. The van der Waals surface area contributed by atoms with Gasteiger partial charge in [0.1, 0.15) is 11.2 Å². The number of hydrogen-bond donors (Lipinski definition) is 4. The van der Waals surface area contributed by atoms with Gasteiger partial charge in [0.25, 0.3) is 0 Å². The number of aliphatic hydroxyl groups is 2. The smallest absolute Gasteiger partial charge is 0.340 e. The number of rotatable bonds is 12. The maximum atomic E-state index is 14.0. The summed E-state index contributed by atoms with van der Waals surface area (Å²) in [4.78, 5) is 40.5. The normalized spacial score (nSPS) is 44.4. The topological polar surface area (TPSA) is 179 Å². The fourth-order valence-corrected chi connectivity index (χ4v) is 12.7. The van der Waals surface area contributed by atoms with Crippen molar-refractivity contribution in [2.24, 2.45) is 46.2 Å². The van der Waals surface area contributed by atoms with Crippen LogP contribution in [-0.4, -0.2) is 123 Å². The van der Waals surface area contributed by atoms with E-state index in [4.69, 9.17) is 29.4 Å². The molecule has 5 N–H and O–H groups in total. The molecule has 1 spiro atoms. The molecule has 0 radical (unpaired) electrons. The number of benzene rings is 1. The van der Waals surface area contributed by atoms with Gasteiger partial charge in [0.2, 0.25) is 11.8 Å². The van der Waals surface area contributed by atoms with E-state index in [-0.39, 0.29) is 72.7 Å². The molecular formula is C37H53N3O10. The van der Waals surface area contributed by atoms with Gasteiger partial charge in [-0.15, -0.1) is 0 Å². The highest BCUT2D eigenvalue weighted by Gasteiger charge is 2.91. The first-order valence-corrected chi connectivity index (χ1v) is 18.0. The van der Waals surface area contributed by atoms with Crippen molar-refractivity contribution < 1.29 is 48.3 Å². The van der Waals surface area contributed by atoms with Gasteiger partial charge >= 0.3 is 5.97 Å². The number of likely N-dealkylation sites (tertiary alicyclic amines) is 1. The number of likely N-dealkylation sites (N-methyl/N-ethyl adjacent to an activating group) is 1. The maximum Gasteiger partial charge on any atom is 0.340 e. The monoisotopic (exact) mass is 699 g/mol. The molecule has 6 fully saturated rings. The number of piperidine rings is 1. The number of carbonyl (C=O) groups excluding carboxylic acids is 3. The summed E-state index contributed by atoms with van der Waals surface area (Å²) in [5.41, 5.74) is 1.21. The lowest BCUT2D eigenvalue weighted by Gasteiger charge is -2.70. The van der Waals surface area contributed by atoms with Crippen molar-refractivity contribution in [3.63, 3.8) is 0 Å². The van der Waals surface area contributed by atoms with E-state index in [9.17, 15) is 24.6 Å². The molecule has 7 bridgehead atoms. The number of amides is 2. The molecule has 5 saturated carbocycles. The molecule has 2 amide bonds. The third kappa shape index (κ3) is 4.46. The number of nitrogens with zero attached hydrogens (tertiary/aromatic N) is 1. The van der Waals surface area contributed by atoms with Crippen LogP contribution in [0.25, 0.3) is 0 Å². The van der Waals surface area contributed by atoms with Gasteiger partial charge < -0.3 is 44.9 Å². The van der Waals surface area contributed by atoms with Crippen LogP contribution in [0, 0.1) is 40.4 Å². The van der Waals surface area contributed by atoms with Crippen LogP contribution in [0.2, 0.25) is 0 Å². The van der Waals surface area contributed by atoms with Gasteiger partial charge in [-0.2, -0.15) is 0 Å². The molecule has 6 aliphatic rings. The molecule has 14 atom stereocenters. The Bertz CT molecular complexity index is 1530. The molecule has 13 nitrogen and oxygen atoms in total. The SMILES string of the molecule is CCN1C[C@]2(COC(=O)c3ccccc3NC(=O)C(C)CC(N)=O)CC[C@H](OC)[C@]34C1C(O)([C@@H](OC)C23)[C@@]1(O)C[C@H](OC)[C@H]2C[C@@H]4[C@@H]1[C@H]2OC. The van der Waals surface area contributed by atoms with E-state index < -0.39 is 57.9 Å². The van der Waals surface area contributed by atoms with Gasteiger partial charge in [0.15, 0.2) is 0 Å². The van der Waals surface area contributed by atoms with Crippen LogP contribution in [0.1, 0.15) is 56.3 Å². The fraction of sp³-hybridized carbons (Fsp3) is 0.757. The Hall–Kier alpha value is -2.65. The Morgan fingerprint density at radius 2 is 1.82 bits per heavy atom. The summed E-state index contributed by atoms with van der Waals surface area (Å²) in [5, 5.41) is 29.3. The highest BCUT2D eigenvalue weighted by molar-refractivity contribution is 6.02. The van der Waals surface area contributed by atoms with E-state index in [0.717, 1.165) is 6.42 Å². The minimum Gasteiger partial charge on any atom is -0.461 e. The summed E-state index contributed by atoms with van der Waals surface area (Å²) in [6.45, 7) is 4.84. The van der Waals surface area contributed by atoms with E-state index in [0.29, 0.717) is 25.9 Å². The molecule has 13 heteroatoms. The van der Waals surface area contributed by atoms with Crippen molar-refractivity contribution in [2.75, 3.05) is 53.5 Å². The fourth-order valence-electron chi connectivity index (χ4n) is 12.7. The number of carbonyl (C=O) groups is 3. The molecule has 7 rings (SSSR count). The third-order valence-electron chi connectivity index (χ3n) is 14.2. The van der Waals surface area contributed by atoms with Crippen molar-refractivity contribution in [1.29, 1.82) is 0 Å². The van der Waals surface area contributed by atoms with E-state index in [1.165, 1.54) is 0 Å². The molecule has 50 heavy (non-hydrogen) atoms. The Morgan fingerprint density at radius 1 is 1.08 bits per heavy atom. The lowest BCUT2D eigenvalue weighted by Crippen LogP contribution is -2.82. The second-order valence-corrected chi connectivity index (χ2v) is 15.9. The van der Waals surface area contributed by atoms with Crippen molar-refractivity contribution in [1.82, 2.24) is 4.90 Å². The molecule has 4 unspecified atom stereocenters. The summed E-state index contributed by atoms with van der Waals surface area (Å²) in [7, 11) is 6.69. The summed E-state index contributed by atoms with van der Waals surface area (Å²) < 4.78 is 31.3. The largest absolute Gasteiger partial charge is 0.461 e. The van der Waals surface area contributed by atoms with Crippen molar-refractivity contribution in [2.45, 2.75) is 87.6 Å². The number of nitrogens with two attached hydrogens (primary N) is 1. The van der Waals surface area contributed by atoms with Crippen LogP contribution in [0.4, 0.5) is 5.69 Å². The van der Waals surface area contributed by atoms with Gasteiger partial charge in [0, 0.05) is 82.3 Å². The third-order valence-corrected chi connectivity index (χ3v) is 14.2. The second-order valence-electron chi connectivity index (χ2n) is 15.9. The number of methoxy groups -OCH3 is 4. The zero-order valence-electron chi connectivity index (χ0n) is 29.9. The van der Waals surface area contributed by atoms with Crippen LogP contribution in [0.3, 0.4) is 0 Å². The van der Waals surface area contributed by atoms with E-state index >= 15 is 0 Å². The summed E-state index contributed by atoms with van der Waals surface area (Å²) in [6.07, 6.45) is 0.586. The first kappa shape index (κ1) is 35.7. The van der Waals surface area contributed by atoms with E-state index in [1.54, 1.807) is 59.6 Å². The van der Waals surface area contributed by atoms with Crippen LogP contribution in [0.5, 0.6) is 0 Å². The molecule has 1 aromatic carbocycles. The van der Waals surface area contributed by atoms with E-state index in [1.807, 2.05) is 0 Å². The minimum atomic E-state index is -1.70. The molecule has 1 saturated heterocycles. The minimum absolute atomic E-state index is 0.0402. The molecule has 1 heterocycles. The molecule has 1 aliphatic heterocycles. The Morgan fingerprint density at radius 3 is 2.46 bits per heavy atom. The van der Waals surface area contributed by atoms with Gasteiger partial charge in [-0.3, -0.25) is 14.5 Å². The highest BCUT2D eigenvalue weighted by Crippen LogP contribution is 2.80. The zero-order valence-corrected chi connectivity index (χ0v) is 29.9. The molecule has 5 aliphatic carbocycles. The van der Waals surface area contributed by atoms with Crippen molar-refractivity contribution >= 4 is 23.5 Å². The summed E-state index contributed by atoms with van der Waals surface area (Å²) in [6, 6.07) is 6.16. The average Bonchev–Trinajstić information content (AvgIpc) is 3.52. The highest BCUT2D eigenvalue weighted by atomic mass is 16.5. The molecule has 276 valence electrons. The number of esters is 1. The van der Waals surface area contributed by atoms with Gasteiger partial charge in [-0.05, 0) is 43.9 Å². The Labute approximate surface area is 293 Å². The van der Waals surface area contributed by atoms with E-state index in [2.05, 4.69) is 17.1 Å². The van der Waals surface area contributed by atoms with Crippen molar-refractivity contribution in [3.8, 4) is 0 Å². The number of ether oxygens (including phenoxy) is 5. The maximum absolute atomic E-state index is 14.0. The predicted molar refractivity (Wildman–Crippen MR) is 180 cm³/mol. The Kier molecular flexibility index (Phi) is 8.93. The summed E-state index contributed by atoms with van der Waals surface area (Å²) >= 11 is 0. The molecule has 1 aromatic rings. The van der Waals surface area contributed by atoms with Crippen LogP contribution in [-0.2, 0) is 33.3 Å². The first-order valence-electron chi connectivity index (χ1n) is 18.0. The first-order chi connectivity index (χ1) is 23.8. The van der Waals surface area contributed by atoms with Gasteiger partial charge in [-0.1, -0.05) is 26.0 Å². The number of para-hydroxylation sites is 1. The van der Waals surface area contributed by atoms with Crippen LogP contribution < -0.4 is 11.1 Å². The lowest BCUT2D eigenvalue weighted by molar-refractivity contribution is -0.320. The predicted octanol–water partition coefficient (Wildman–Crippen LogP) is 1.59. The van der Waals surface area contributed by atoms with Crippen molar-refractivity contribution in [3.05, 3.63) is 29.8 Å². The summed E-state index contributed by atoms with van der Waals surface area (Å²) in [5.74, 6) is -3.02. The lowest BCUT2D eigenvalue weighted by atomic mass is 9.42. The average molecular weight is 700 g/mol. The quantitative estimate of drug-likeness (QED) is 0.233. The van der Waals surface area contributed by atoms with Crippen LogP contribution in [0.15, 0.2) is 24.3 Å². The number of anilines is 1. The second kappa shape index (κ2) is 12.5. The van der Waals surface area contributed by atoms with Gasteiger partial charge in [0.05, 0.1) is 48.3 Å². The molecular weight excluding hydrogens is 646 g/mol. The number of primary amides is 1.